The molecule has 9 heteroatoms. The Balaban J connectivity index is 1.48. The molecular weight excluding hydrogens is 488 g/mol. The summed E-state index contributed by atoms with van der Waals surface area (Å²) in [5, 5.41) is 4.86. The smallest absolute Gasteiger partial charge is 0.266 e. The number of hydrogen-bond donors (Lipinski definition) is 1. The van der Waals surface area contributed by atoms with Gasteiger partial charge in [-0.15, -0.1) is 0 Å². The monoisotopic (exact) mass is 514 g/mol. The minimum absolute atomic E-state index is 0.0232. The third-order valence-electron chi connectivity index (χ3n) is 5.25. The van der Waals surface area contributed by atoms with Crippen molar-refractivity contribution in [1.82, 2.24) is 15.0 Å². The first-order valence-electron chi connectivity index (χ1n) is 11.6. The molecule has 0 aliphatic rings. The maximum atomic E-state index is 13.3. The lowest BCUT2D eigenvalue weighted by molar-refractivity contribution is -0.118. The van der Waals surface area contributed by atoms with Gasteiger partial charge in [-0.05, 0) is 61.5 Å². The van der Waals surface area contributed by atoms with E-state index in [1.165, 1.54) is 10.8 Å². The van der Waals surface area contributed by atoms with Gasteiger partial charge in [0, 0.05) is 11.8 Å². The Morgan fingerprint density at radius 1 is 1.08 bits per heavy atom. The topological polar surface area (TPSA) is 94.8 Å². The molecule has 1 heterocycles. The second-order valence-electron chi connectivity index (χ2n) is 7.68. The first-order chi connectivity index (χ1) is 18.1. The molecule has 0 aliphatic carbocycles. The van der Waals surface area contributed by atoms with Gasteiger partial charge in [0.15, 0.2) is 5.16 Å². The number of allylic oxidation sites excluding steroid dienone is 1. The van der Waals surface area contributed by atoms with Crippen LogP contribution in [0.5, 0.6) is 11.5 Å². The van der Waals surface area contributed by atoms with E-state index in [9.17, 15) is 9.59 Å². The van der Waals surface area contributed by atoms with Crippen LogP contribution in [0.4, 0.5) is 0 Å². The van der Waals surface area contributed by atoms with Gasteiger partial charge in [0.25, 0.3) is 11.5 Å². The van der Waals surface area contributed by atoms with Crippen LogP contribution in [0.1, 0.15) is 12.5 Å². The van der Waals surface area contributed by atoms with E-state index in [2.05, 4.69) is 15.5 Å². The molecule has 0 bridgehead atoms. The zero-order valence-electron chi connectivity index (χ0n) is 20.5. The van der Waals surface area contributed by atoms with Crippen molar-refractivity contribution in [3.8, 4) is 17.2 Å². The molecular formula is C28H26N4O4S. The summed E-state index contributed by atoms with van der Waals surface area (Å²) in [4.78, 5) is 30.4. The highest BCUT2D eigenvalue weighted by Crippen LogP contribution is 2.23. The van der Waals surface area contributed by atoms with Crippen LogP contribution in [0, 0.1) is 0 Å². The van der Waals surface area contributed by atoms with Crippen molar-refractivity contribution in [3.63, 3.8) is 0 Å². The Morgan fingerprint density at radius 2 is 1.84 bits per heavy atom. The number of hydrogen-bond acceptors (Lipinski definition) is 7. The first-order valence-corrected chi connectivity index (χ1v) is 12.6. The molecule has 4 rings (SSSR count). The minimum Gasteiger partial charge on any atom is -0.496 e. The molecule has 0 aliphatic heterocycles. The average Bonchev–Trinajstić information content (AvgIpc) is 2.93. The Kier molecular flexibility index (Phi) is 8.72. The molecule has 0 atom stereocenters. The van der Waals surface area contributed by atoms with Gasteiger partial charge >= 0.3 is 0 Å². The number of ether oxygens (including phenoxy) is 2. The lowest BCUT2D eigenvalue weighted by Crippen LogP contribution is -2.24. The van der Waals surface area contributed by atoms with Crippen molar-refractivity contribution in [1.29, 1.82) is 0 Å². The summed E-state index contributed by atoms with van der Waals surface area (Å²) < 4.78 is 12.3. The molecule has 0 unspecified atom stereocenters. The fraction of sp³-hybridized carbons (Fsp3) is 0.143. The summed E-state index contributed by atoms with van der Waals surface area (Å²) >= 11 is 1.16. The van der Waals surface area contributed by atoms with Crippen LogP contribution in [0.25, 0.3) is 22.7 Å². The molecule has 0 saturated heterocycles. The number of hydrazone groups is 1. The number of thioether (sulfide) groups is 1. The van der Waals surface area contributed by atoms with Crippen LogP contribution < -0.4 is 20.5 Å². The van der Waals surface area contributed by atoms with Crippen molar-refractivity contribution in [3.05, 3.63) is 94.8 Å². The van der Waals surface area contributed by atoms with E-state index < -0.39 is 0 Å². The summed E-state index contributed by atoms with van der Waals surface area (Å²) in [6, 6.07) is 21.9. The van der Waals surface area contributed by atoms with Gasteiger partial charge in [0.1, 0.15) is 11.5 Å². The van der Waals surface area contributed by atoms with Crippen LogP contribution in [-0.4, -0.2) is 41.1 Å². The van der Waals surface area contributed by atoms with Crippen LogP contribution in [0.15, 0.2) is 93.9 Å². The molecule has 37 heavy (non-hydrogen) atoms. The standard InChI is InChI=1S/C28H26N4O4S/c1-3-36-22-16-14-21(15-17-22)32-27(34)23-11-5-6-12-24(23)30-28(32)37-19-26(33)31-29-18-8-10-20-9-4-7-13-25(20)35-2/h4-18H,3,19H2,1-2H3,(H,31,33). The summed E-state index contributed by atoms with van der Waals surface area (Å²) in [5.41, 5.74) is 4.38. The lowest BCUT2D eigenvalue weighted by atomic mass is 10.2. The van der Waals surface area contributed by atoms with E-state index in [0.29, 0.717) is 34.1 Å². The third-order valence-corrected chi connectivity index (χ3v) is 6.19. The number of carbonyl (C=O) groups is 1. The van der Waals surface area contributed by atoms with Crippen LogP contribution in [0.2, 0.25) is 0 Å². The predicted molar refractivity (Wildman–Crippen MR) is 148 cm³/mol. The maximum Gasteiger partial charge on any atom is 0.266 e. The molecule has 1 amide bonds. The molecule has 4 aromatic rings. The van der Waals surface area contributed by atoms with Gasteiger partial charge in [0.05, 0.1) is 36.1 Å². The van der Waals surface area contributed by atoms with Crippen LogP contribution >= 0.6 is 11.8 Å². The fourth-order valence-electron chi connectivity index (χ4n) is 3.56. The molecule has 1 N–H and O–H groups in total. The zero-order chi connectivity index (χ0) is 26.0. The molecule has 3 aromatic carbocycles. The average molecular weight is 515 g/mol. The SMILES string of the molecule is CCOc1ccc(-n2c(SCC(=O)NN=CC=Cc3ccccc3OC)nc3ccccc3c2=O)cc1. The zero-order valence-corrected chi connectivity index (χ0v) is 21.3. The number of nitrogens with zero attached hydrogens (tertiary/aromatic N) is 3. The normalized spacial score (nSPS) is 11.3. The van der Waals surface area contributed by atoms with E-state index in [1.54, 1.807) is 55.7 Å². The van der Waals surface area contributed by atoms with Gasteiger partial charge < -0.3 is 9.47 Å². The largest absolute Gasteiger partial charge is 0.496 e. The van der Waals surface area contributed by atoms with Crippen molar-refractivity contribution in [2.45, 2.75) is 12.1 Å². The summed E-state index contributed by atoms with van der Waals surface area (Å²) in [7, 11) is 1.61. The van der Waals surface area contributed by atoms with Crippen molar-refractivity contribution in [2.24, 2.45) is 5.10 Å². The molecule has 0 spiro atoms. The highest BCUT2D eigenvalue weighted by atomic mass is 32.2. The number of rotatable bonds is 10. The molecule has 0 radical (unpaired) electrons. The summed E-state index contributed by atoms with van der Waals surface area (Å²) in [6.07, 6.45) is 5.02. The molecule has 0 saturated carbocycles. The highest BCUT2D eigenvalue weighted by Gasteiger charge is 2.15. The van der Waals surface area contributed by atoms with Crippen molar-refractivity contribution in [2.75, 3.05) is 19.5 Å². The Bertz CT molecular complexity index is 1500. The fourth-order valence-corrected chi connectivity index (χ4v) is 4.37. The van der Waals surface area contributed by atoms with Gasteiger partial charge in [-0.3, -0.25) is 14.2 Å². The number of aromatic nitrogens is 2. The number of amides is 1. The van der Waals surface area contributed by atoms with Gasteiger partial charge in [-0.1, -0.05) is 42.1 Å². The Morgan fingerprint density at radius 3 is 2.62 bits per heavy atom. The number of carbonyl (C=O) groups excluding carboxylic acids is 1. The molecule has 188 valence electrons. The Hall–Kier alpha value is -4.37. The first kappa shape index (κ1) is 25.7. The molecule has 8 nitrogen and oxygen atoms in total. The number of nitrogens with one attached hydrogen (secondary N) is 1. The number of methoxy groups -OCH3 is 1. The summed E-state index contributed by atoms with van der Waals surface area (Å²) in [6.45, 7) is 2.46. The van der Waals surface area contributed by atoms with Gasteiger partial charge in [-0.2, -0.15) is 5.10 Å². The second kappa shape index (κ2) is 12.5. The van der Waals surface area contributed by atoms with E-state index in [1.807, 2.05) is 43.3 Å². The van der Waals surface area contributed by atoms with Crippen molar-refractivity contribution >= 4 is 40.9 Å². The van der Waals surface area contributed by atoms with E-state index in [0.717, 1.165) is 23.1 Å². The lowest BCUT2D eigenvalue weighted by Gasteiger charge is -2.13. The number of benzene rings is 3. The van der Waals surface area contributed by atoms with E-state index in [4.69, 9.17) is 9.47 Å². The second-order valence-corrected chi connectivity index (χ2v) is 8.62. The van der Waals surface area contributed by atoms with E-state index >= 15 is 0 Å². The van der Waals surface area contributed by atoms with Crippen LogP contribution in [-0.2, 0) is 4.79 Å². The third kappa shape index (κ3) is 6.45. The summed E-state index contributed by atoms with van der Waals surface area (Å²) in [5.74, 6) is 1.15. The van der Waals surface area contributed by atoms with E-state index in [-0.39, 0.29) is 17.2 Å². The number of para-hydroxylation sites is 2. The number of fused-ring (bicyclic) bond motifs is 1. The molecule has 1 aromatic heterocycles. The Labute approximate surface area is 218 Å². The molecule has 0 fully saturated rings. The quantitative estimate of drug-likeness (QED) is 0.143. The van der Waals surface area contributed by atoms with Crippen molar-refractivity contribution < 1.29 is 14.3 Å². The van der Waals surface area contributed by atoms with Crippen LogP contribution in [0.3, 0.4) is 0 Å². The highest BCUT2D eigenvalue weighted by molar-refractivity contribution is 7.99. The maximum absolute atomic E-state index is 13.3. The minimum atomic E-state index is -0.326. The predicted octanol–water partition coefficient (Wildman–Crippen LogP) is 4.70. The van der Waals surface area contributed by atoms with Gasteiger partial charge in [-0.25, -0.2) is 10.4 Å². The van der Waals surface area contributed by atoms with Gasteiger partial charge in [0.2, 0.25) is 0 Å².